The summed E-state index contributed by atoms with van der Waals surface area (Å²) in [4.78, 5) is 4.70. The molecule has 4 nitrogen and oxygen atoms in total. The highest BCUT2D eigenvalue weighted by molar-refractivity contribution is 14.0. The van der Waals surface area contributed by atoms with Crippen LogP contribution in [0.3, 0.4) is 0 Å². The number of hydrogen-bond acceptors (Lipinski definition) is 2. The van der Waals surface area contributed by atoms with Crippen molar-refractivity contribution in [2.45, 2.75) is 57.2 Å². The Morgan fingerprint density at radius 3 is 2.65 bits per heavy atom. The molecule has 0 saturated heterocycles. The standard InChI is InChI=1S/C19H30ClN3OS.HI/c1-3-21-19(22-13-12-15-8-10-16(20)11-9-15)23-17-6-5-7-18(14-17)25(24)4-2;/h8-11,17-18H,3-7,12-14H2,1-2H3,(H2,21,22,23);1H. The predicted octanol–water partition coefficient (Wildman–Crippen LogP) is 4.14. The van der Waals surface area contributed by atoms with Gasteiger partial charge in [0.05, 0.1) is 0 Å². The van der Waals surface area contributed by atoms with Crippen LogP contribution in [-0.2, 0) is 17.2 Å². The fourth-order valence-corrected chi connectivity index (χ4v) is 4.69. The highest BCUT2D eigenvalue weighted by Gasteiger charge is 2.25. The largest absolute Gasteiger partial charge is 0.357 e. The van der Waals surface area contributed by atoms with Crippen LogP contribution in [0.1, 0.15) is 45.1 Å². The number of rotatable bonds is 7. The van der Waals surface area contributed by atoms with E-state index in [1.165, 1.54) is 5.56 Å². The number of nitrogens with one attached hydrogen (secondary N) is 2. The molecule has 0 aliphatic heterocycles. The highest BCUT2D eigenvalue weighted by Crippen LogP contribution is 2.23. The maximum atomic E-state index is 12.1. The van der Waals surface area contributed by atoms with Crippen molar-refractivity contribution in [2.75, 3.05) is 18.8 Å². The summed E-state index contributed by atoms with van der Waals surface area (Å²) in [7, 11) is -0.696. The molecule has 1 saturated carbocycles. The summed E-state index contributed by atoms with van der Waals surface area (Å²) in [6.07, 6.45) is 5.21. The van der Waals surface area contributed by atoms with Crippen LogP contribution in [0.2, 0.25) is 5.02 Å². The summed E-state index contributed by atoms with van der Waals surface area (Å²) < 4.78 is 12.1. The van der Waals surface area contributed by atoms with Gasteiger partial charge in [0.2, 0.25) is 0 Å². The van der Waals surface area contributed by atoms with E-state index in [0.717, 1.165) is 61.9 Å². The van der Waals surface area contributed by atoms with Gasteiger partial charge in [0.25, 0.3) is 0 Å². The van der Waals surface area contributed by atoms with Crippen LogP contribution in [0, 0.1) is 0 Å². The van der Waals surface area contributed by atoms with Crippen molar-refractivity contribution in [1.82, 2.24) is 10.6 Å². The lowest BCUT2D eigenvalue weighted by Gasteiger charge is -2.30. The first-order valence-corrected chi connectivity index (χ1v) is 11.0. The molecule has 0 amide bonds. The minimum atomic E-state index is -0.696. The van der Waals surface area contributed by atoms with Crippen LogP contribution in [0.4, 0.5) is 0 Å². The van der Waals surface area contributed by atoms with Gasteiger partial charge in [-0.25, -0.2) is 0 Å². The Hall–Kier alpha value is -0.340. The Labute approximate surface area is 182 Å². The molecule has 0 radical (unpaired) electrons. The predicted molar refractivity (Wildman–Crippen MR) is 124 cm³/mol. The van der Waals surface area contributed by atoms with Crippen molar-refractivity contribution < 1.29 is 4.21 Å². The average Bonchev–Trinajstić information content (AvgIpc) is 2.63. The first-order valence-electron chi connectivity index (χ1n) is 9.28. The molecule has 0 spiro atoms. The molecule has 1 fully saturated rings. The number of hydrogen-bond donors (Lipinski definition) is 2. The zero-order chi connectivity index (χ0) is 18.1. The fraction of sp³-hybridized carbons (Fsp3) is 0.632. The molecular weight excluding hydrogens is 481 g/mol. The Kier molecular flexibility index (Phi) is 11.8. The molecular formula is C19H31ClIN3OS. The first kappa shape index (κ1) is 23.7. The minimum Gasteiger partial charge on any atom is -0.357 e. The Morgan fingerprint density at radius 2 is 2.00 bits per heavy atom. The minimum absolute atomic E-state index is 0. The number of nitrogens with zero attached hydrogens (tertiary/aromatic N) is 1. The SMILES string of the molecule is CCNC(=NCCc1ccc(Cl)cc1)NC1CCCC(S(=O)CC)C1.I. The van der Waals surface area contributed by atoms with Gasteiger partial charge in [-0.3, -0.25) is 9.20 Å². The van der Waals surface area contributed by atoms with E-state index in [1.54, 1.807) is 0 Å². The average molecular weight is 512 g/mol. The topological polar surface area (TPSA) is 53.5 Å². The Bertz CT molecular complexity index is 583. The molecule has 3 atom stereocenters. The molecule has 7 heteroatoms. The third-order valence-corrected chi connectivity index (χ3v) is 6.54. The van der Waals surface area contributed by atoms with E-state index in [4.69, 9.17) is 16.6 Å². The van der Waals surface area contributed by atoms with E-state index in [0.29, 0.717) is 11.3 Å². The quantitative estimate of drug-likeness (QED) is 0.329. The zero-order valence-corrected chi connectivity index (χ0v) is 19.6. The summed E-state index contributed by atoms with van der Waals surface area (Å²) in [6, 6.07) is 8.29. The number of aliphatic imine (C=N–C) groups is 1. The summed E-state index contributed by atoms with van der Waals surface area (Å²) in [6.45, 7) is 5.65. The van der Waals surface area contributed by atoms with Gasteiger partial charge in [0, 0.05) is 46.0 Å². The molecule has 1 aromatic carbocycles. The van der Waals surface area contributed by atoms with Crippen molar-refractivity contribution >= 4 is 52.3 Å². The first-order chi connectivity index (χ1) is 12.1. The molecule has 26 heavy (non-hydrogen) atoms. The van der Waals surface area contributed by atoms with Gasteiger partial charge in [-0.15, -0.1) is 24.0 Å². The van der Waals surface area contributed by atoms with E-state index in [2.05, 4.69) is 17.6 Å². The van der Waals surface area contributed by atoms with Crippen molar-refractivity contribution in [3.8, 4) is 0 Å². The molecule has 1 aliphatic rings. The van der Waals surface area contributed by atoms with Crippen molar-refractivity contribution in [3.63, 3.8) is 0 Å². The summed E-state index contributed by atoms with van der Waals surface area (Å²) >= 11 is 5.92. The van der Waals surface area contributed by atoms with Crippen molar-refractivity contribution in [1.29, 1.82) is 0 Å². The second-order valence-corrected chi connectivity index (χ2v) is 8.88. The number of halogens is 2. The molecule has 0 heterocycles. The Morgan fingerprint density at radius 1 is 1.27 bits per heavy atom. The molecule has 2 N–H and O–H groups in total. The second-order valence-electron chi connectivity index (χ2n) is 6.44. The summed E-state index contributed by atoms with van der Waals surface area (Å²) in [5.41, 5.74) is 1.24. The van der Waals surface area contributed by atoms with Crippen molar-refractivity contribution in [2.24, 2.45) is 4.99 Å². The van der Waals surface area contributed by atoms with E-state index in [9.17, 15) is 4.21 Å². The number of guanidine groups is 1. The molecule has 2 rings (SSSR count). The molecule has 148 valence electrons. The fourth-order valence-electron chi connectivity index (χ4n) is 3.21. The monoisotopic (exact) mass is 511 g/mol. The van der Waals surface area contributed by atoms with E-state index < -0.39 is 10.8 Å². The van der Waals surface area contributed by atoms with Gasteiger partial charge >= 0.3 is 0 Å². The highest BCUT2D eigenvalue weighted by atomic mass is 127. The summed E-state index contributed by atoms with van der Waals surface area (Å²) in [5, 5.41) is 7.96. The molecule has 1 aliphatic carbocycles. The second kappa shape index (κ2) is 12.9. The Balaban J connectivity index is 0.00000338. The molecule has 0 bridgehead atoms. The normalized spacial score (nSPS) is 21.6. The summed E-state index contributed by atoms with van der Waals surface area (Å²) in [5.74, 6) is 1.62. The van der Waals surface area contributed by atoms with Crippen LogP contribution < -0.4 is 10.6 Å². The molecule has 3 unspecified atom stereocenters. The van der Waals surface area contributed by atoms with Crippen LogP contribution in [-0.4, -0.2) is 40.3 Å². The van der Waals surface area contributed by atoms with Crippen LogP contribution in [0.15, 0.2) is 29.3 Å². The lowest BCUT2D eigenvalue weighted by Crippen LogP contribution is -2.46. The van der Waals surface area contributed by atoms with E-state index in [1.807, 2.05) is 31.2 Å². The maximum Gasteiger partial charge on any atom is 0.191 e. The van der Waals surface area contributed by atoms with Crippen LogP contribution in [0.25, 0.3) is 0 Å². The van der Waals surface area contributed by atoms with Gasteiger partial charge in [-0.2, -0.15) is 0 Å². The third-order valence-electron chi connectivity index (χ3n) is 4.55. The van der Waals surface area contributed by atoms with Gasteiger partial charge < -0.3 is 10.6 Å². The van der Waals surface area contributed by atoms with Gasteiger partial charge in [0.15, 0.2) is 5.96 Å². The van der Waals surface area contributed by atoms with Crippen LogP contribution in [0.5, 0.6) is 0 Å². The third kappa shape index (κ3) is 8.13. The lowest BCUT2D eigenvalue weighted by molar-refractivity contribution is 0.413. The smallest absolute Gasteiger partial charge is 0.191 e. The molecule has 1 aromatic rings. The van der Waals surface area contributed by atoms with E-state index >= 15 is 0 Å². The van der Waals surface area contributed by atoms with Gasteiger partial charge in [0.1, 0.15) is 0 Å². The van der Waals surface area contributed by atoms with Gasteiger partial charge in [-0.1, -0.05) is 37.1 Å². The number of benzene rings is 1. The zero-order valence-electron chi connectivity index (χ0n) is 15.7. The van der Waals surface area contributed by atoms with Crippen LogP contribution >= 0.6 is 35.6 Å². The lowest BCUT2D eigenvalue weighted by atomic mass is 9.95. The van der Waals surface area contributed by atoms with Gasteiger partial charge in [-0.05, 0) is 50.3 Å². The van der Waals surface area contributed by atoms with Crippen molar-refractivity contribution in [3.05, 3.63) is 34.9 Å². The molecule has 0 aromatic heterocycles. The van der Waals surface area contributed by atoms with E-state index in [-0.39, 0.29) is 24.0 Å². The maximum absolute atomic E-state index is 12.1.